The first-order valence-corrected chi connectivity index (χ1v) is 10.1. The molecule has 0 N–H and O–H groups in total. The van der Waals surface area contributed by atoms with Crippen LogP contribution in [0.4, 0.5) is 0 Å². The summed E-state index contributed by atoms with van der Waals surface area (Å²) in [6, 6.07) is 11.7. The summed E-state index contributed by atoms with van der Waals surface area (Å²) >= 11 is 9.38. The molecule has 6 nitrogen and oxygen atoms in total. The Bertz CT molecular complexity index is 903. The Morgan fingerprint density at radius 1 is 1.15 bits per heavy atom. The van der Waals surface area contributed by atoms with Crippen LogP contribution in [-0.2, 0) is 21.4 Å². The van der Waals surface area contributed by atoms with E-state index >= 15 is 0 Å². The third kappa shape index (κ3) is 4.63. The van der Waals surface area contributed by atoms with Crippen molar-refractivity contribution < 1.29 is 18.0 Å². The third-order valence-electron chi connectivity index (χ3n) is 3.73. The van der Waals surface area contributed by atoms with Crippen molar-refractivity contribution in [1.29, 1.82) is 0 Å². The molecule has 0 bridgehead atoms. The lowest BCUT2D eigenvalue weighted by molar-refractivity contribution is -0.0258. The van der Waals surface area contributed by atoms with Crippen molar-refractivity contribution >= 4 is 43.5 Å². The van der Waals surface area contributed by atoms with Gasteiger partial charge in [0.25, 0.3) is 15.9 Å². The van der Waals surface area contributed by atoms with Crippen molar-refractivity contribution in [3.63, 3.8) is 0 Å². The van der Waals surface area contributed by atoms with E-state index in [9.17, 15) is 13.2 Å². The van der Waals surface area contributed by atoms with Gasteiger partial charge in [0, 0.05) is 30.7 Å². The standard InChI is InChI=1S/C17H18BrClN2O4S/c1-20(11-12-4-7-14(18)8-5-12)17(22)13-6-9-15(19)16(10-13)26(23,24)21(2)25-3/h4-10H,11H2,1-3H3. The number of rotatable bonds is 6. The zero-order chi connectivity index (χ0) is 19.5. The number of sulfonamides is 1. The van der Waals surface area contributed by atoms with Gasteiger partial charge >= 0.3 is 0 Å². The highest BCUT2D eigenvalue weighted by molar-refractivity contribution is 9.10. The zero-order valence-electron chi connectivity index (χ0n) is 14.4. The maximum atomic E-state index is 12.7. The molecule has 0 aliphatic carbocycles. The summed E-state index contributed by atoms with van der Waals surface area (Å²) in [6.45, 7) is 0.384. The molecule has 2 aromatic carbocycles. The lowest BCUT2D eigenvalue weighted by Gasteiger charge is -2.19. The number of carbonyl (C=O) groups excluding carboxylic acids is 1. The number of hydroxylamine groups is 1. The monoisotopic (exact) mass is 460 g/mol. The quantitative estimate of drug-likeness (QED) is 0.617. The van der Waals surface area contributed by atoms with E-state index in [1.807, 2.05) is 24.3 Å². The molecule has 0 saturated heterocycles. The van der Waals surface area contributed by atoms with Gasteiger partial charge in [-0.3, -0.25) is 9.63 Å². The first kappa shape index (κ1) is 20.9. The molecule has 0 unspecified atom stereocenters. The maximum Gasteiger partial charge on any atom is 0.266 e. The van der Waals surface area contributed by atoms with Crippen LogP contribution in [0.25, 0.3) is 0 Å². The van der Waals surface area contributed by atoms with Gasteiger partial charge < -0.3 is 4.90 Å². The van der Waals surface area contributed by atoms with Crippen LogP contribution in [0.15, 0.2) is 51.8 Å². The Morgan fingerprint density at radius 2 is 1.77 bits per heavy atom. The first-order chi connectivity index (χ1) is 12.2. The van der Waals surface area contributed by atoms with Crippen LogP contribution in [0.5, 0.6) is 0 Å². The highest BCUT2D eigenvalue weighted by Gasteiger charge is 2.25. The van der Waals surface area contributed by atoms with E-state index in [1.165, 1.54) is 37.3 Å². The van der Waals surface area contributed by atoms with Crippen LogP contribution in [0.1, 0.15) is 15.9 Å². The van der Waals surface area contributed by atoms with Gasteiger partial charge in [-0.1, -0.05) is 44.1 Å². The average Bonchev–Trinajstić information content (AvgIpc) is 2.62. The molecular weight excluding hydrogens is 444 g/mol. The molecule has 0 saturated carbocycles. The average molecular weight is 462 g/mol. The van der Waals surface area contributed by atoms with E-state index < -0.39 is 10.0 Å². The zero-order valence-corrected chi connectivity index (χ0v) is 17.6. The van der Waals surface area contributed by atoms with E-state index in [1.54, 1.807) is 7.05 Å². The molecule has 0 aliphatic heterocycles. The molecule has 2 rings (SSSR count). The molecule has 140 valence electrons. The number of nitrogens with zero attached hydrogens (tertiary/aromatic N) is 2. The molecule has 0 heterocycles. The normalized spacial score (nSPS) is 11.6. The van der Waals surface area contributed by atoms with Gasteiger partial charge in [-0.25, -0.2) is 8.42 Å². The summed E-state index contributed by atoms with van der Waals surface area (Å²) in [5.74, 6) is -0.318. The summed E-state index contributed by atoms with van der Waals surface area (Å²) in [4.78, 5) is 18.7. The molecule has 0 aromatic heterocycles. The van der Waals surface area contributed by atoms with Crippen molar-refractivity contribution in [3.05, 3.63) is 63.1 Å². The van der Waals surface area contributed by atoms with Crippen LogP contribution in [-0.4, -0.2) is 44.9 Å². The summed E-state index contributed by atoms with van der Waals surface area (Å²) in [5.41, 5.74) is 1.17. The fourth-order valence-electron chi connectivity index (χ4n) is 2.23. The first-order valence-electron chi connectivity index (χ1n) is 7.49. The van der Waals surface area contributed by atoms with Crippen LogP contribution in [0, 0.1) is 0 Å². The summed E-state index contributed by atoms with van der Waals surface area (Å²) in [6.07, 6.45) is 0. The van der Waals surface area contributed by atoms with Crippen molar-refractivity contribution in [2.45, 2.75) is 11.4 Å². The second kappa shape index (κ2) is 8.49. The molecule has 9 heteroatoms. The van der Waals surface area contributed by atoms with E-state index in [4.69, 9.17) is 16.4 Å². The minimum Gasteiger partial charge on any atom is -0.337 e. The van der Waals surface area contributed by atoms with Crippen LogP contribution < -0.4 is 0 Å². The Balaban J connectivity index is 2.29. The Morgan fingerprint density at radius 3 is 2.35 bits per heavy atom. The molecule has 0 fully saturated rings. The fourth-order valence-corrected chi connectivity index (χ4v) is 3.96. The van der Waals surface area contributed by atoms with E-state index in [0.29, 0.717) is 11.0 Å². The lowest BCUT2D eigenvalue weighted by atomic mass is 10.1. The summed E-state index contributed by atoms with van der Waals surface area (Å²) in [5, 5.41) is 0.0148. The molecule has 0 spiro atoms. The minimum absolute atomic E-state index is 0.0148. The van der Waals surface area contributed by atoms with Crippen molar-refractivity contribution in [2.75, 3.05) is 21.2 Å². The van der Waals surface area contributed by atoms with E-state index in [0.717, 1.165) is 10.0 Å². The van der Waals surface area contributed by atoms with Crippen LogP contribution >= 0.6 is 27.5 Å². The predicted octanol–water partition coefficient (Wildman–Crippen LogP) is 3.56. The van der Waals surface area contributed by atoms with Crippen LogP contribution in [0.2, 0.25) is 5.02 Å². The molecule has 26 heavy (non-hydrogen) atoms. The summed E-state index contributed by atoms with van der Waals surface area (Å²) < 4.78 is 26.5. The number of hydrogen-bond donors (Lipinski definition) is 0. The number of halogens is 2. The number of hydrogen-bond acceptors (Lipinski definition) is 4. The molecular formula is C17H18BrClN2O4S. The van der Waals surface area contributed by atoms with Gasteiger partial charge in [-0.2, -0.15) is 0 Å². The van der Waals surface area contributed by atoms with E-state index in [2.05, 4.69) is 15.9 Å². The highest BCUT2D eigenvalue weighted by atomic mass is 79.9. The van der Waals surface area contributed by atoms with Gasteiger partial charge in [0.2, 0.25) is 0 Å². The van der Waals surface area contributed by atoms with Crippen molar-refractivity contribution in [3.8, 4) is 0 Å². The Labute approximate surface area is 166 Å². The molecule has 2 aromatic rings. The van der Waals surface area contributed by atoms with Crippen LogP contribution in [0.3, 0.4) is 0 Å². The SMILES string of the molecule is CON(C)S(=O)(=O)c1cc(C(=O)N(C)Cc2ccc(Br)cc2)ccc1Cl. The summed E-state index contributed by atoms with van der Waals surface area (Å²) in [7, 11) is 0.164. The number of carbonyl (C=O) groups is 1. The van der Waals surface area contributed by atoms with Gasteiger partial charge in [-0.15, -0.1) is 0 Å². The van der Waals surface area contributed by atoms with Gasteiger partial charge in [0.05, 0.1) is 12.1 Å². The van der Waals surface area contributed by atoms with Crippen molar-refractivity contribution in [1.82, 2.24) is 9.37 Å². The van der Waals surface area contributed by atoms with Gasteiger partial charge in [-0.05, 0) is 35.9 Å². The number of benzene rings is 2. The molecule has 1 amide bonds. The Kier molecular flexibility index (Phi) is 6.81. The van der Waals surface area contributed by atoms with E-state index in [-0.39, 0.29) is 21.4 Å². The smallest absolute Gasteiger partial charge is 0.266 e. The topological polar surface area (TPSA) is 66.9 Å². The van der Waals surface area contributed by atoms with Crippen molar-refractivity contribution in [2.24, 2.45) is 0 Å². The second-order valence-electron chi connectivity index (χ2n) is 5.53. The minimum atomic E-state index is -3.96. The Hall–Kier alpha value is -1.45. The maximum absolute atomic E-state index is 12.7. The third-order valence-corrected chi connectivity index (χ3v) is 6.42. The highest BCUT2D eigenvalue weighted by Crippen LogP contribution is 2.26. The van der Waals surface area contributed by atoms with Gasteiger partial charge in [0.15, 0.2) is 0 Å². The number of amides is 1. The molecule has 0 aliphatic rings. The largest absolute Gasteiger partial charge is 0.337 e. The second-order valence-corrected chi connectivity index (χ2v) is 8.76. The lowest BCUT2D eigenvalue weighted by Crippen LogP contribution is -2.28. The fraction of sp³-hybridized carbons (Fsp3) is 0.235. The molecule has 0 atom stereocenters. The van der Waals surface area contributed by atoms with Gasteiger partial charge in [0.1, 0.15) is 4.90 Å². The predicted molar refractivity (Wildman–Crippen MR) is 103 cm³/mol. The molecule has 0 radical (unpaired) electrons.